The molecule has 21 heavy (non-hydrogen) atoms. The van der Waals surface area contributed by atoms with Gasteiger partial charge in [0.05, 0.1) is 15.0 Å². The highest BCUT2D eigenvalue weighted by Crippen LogP contribution is 2.36. The van der Waals surface area contributed by atoms with Gasteiger partial charge >= 0.3 is 11.7 Å². The molecule has 0 aliphatic heterocycles. The molecule has 0 radical (unpaired) electrons. The molecule has 9 heteroatoms. The molecule has 0 amide bonds. The molecule has 0 saturated carbocycles. The smallest absolute Gasteiger partial charge is 0.346 e. The van der Waals surface area contributed by atoms with E-state index in [-0.39, 0.29) is 33.0 Å². The lowest BCUT2D eigenvalue weighted by Gasteiger charge is -2.08. The minimum Gasteiger partial charge on any atom is -0.482 e. The SMILES string of the molecule is O=C(O)c1sccc1COc1cc(Cl)c(Cl)cc1[N+](=O)[O-]. The summed E-state index contributed by atoms with van der Waals surface area (Å²) in [5.41, 5.74) is 0.0874. The summed E-state index contributed by atoms with van der Waals surface area (Å²) < 4.78 is 5.33. The van der Waals surface area contributed by atoms with Gasteiger partial charge in [0.2, 0.25) is 0 Å². The Labute approximate surface area is 132 Å². The molecule has 1 aromatic carbocycles. The number of ether oxygens (including phenoxy) is 1. The molecule has 0 saturated heterocycles. The summed E-state index contributed by atoms with van der Waals surface area (Å²) in [5.74, 6) is -1.15. The van der Waals surface area contributed by atoms with Crippen molar-refractivity contribution >= 4 is 46.2 Å². The first-order chi connectivity index (χ1) is 9.90. The molecule has 110 valence electrons. The van der Waals surface area contributed by atoms with Crippen LogP contribution in [0.2, 0.25) is 10.0 Å². The predicted octanol–water partition coefficient (Wildman–Crippen LogP) is 4.24. The van der Waals surface area contributed by atoms with Crippen molar-refractivity contribution in [2.75, 3.05) is 0 Å². The van der Waals surface area contributed by atoms with E-state index >= 15 is 0 Å². The fourth-order valence-corrected chi connectivity index (χ4v) is 2.63. The van der Waals surface area contributed by atoms with E-state index in [0.717, 1.165) is 17.4 Å². The van der Waals surface area contributed by atoms with E-state index in [9.17, 15) is 14.9 Å². The monoisotopic (exact) mass is 347 g/mol. The van der Waals surface area contributed by atoms with E-state index in [1.165, 1.54) is 6.07 Å². The van der Waals surface area contributed by atoms with Gasteiger partial charge in [-0.05, 0) is 11.4 Å². The molecule has 2 aromatic rings. The zero-order chi connectivity index (χ0) is 15.6. The minimum atomic E-state index is -1.08. The quantitative estimate of drug-likeness (QED) is 0.645. The van der Waals surface area contributed by atoms with Gasteiger partial charge in [0, 0.05) is 17.7 Å². The predicted molar refractivity (Wildman–Crippen MR) is 78.7 cm³/mol. The van der Waals surface area contributed by atoms with Gasteiger partial charge in [-0.1, -0.05) is 23.2 Å². The highest BCUT2D eigenvalue weighted by molar-refractivity contribution is 7.12. The first-order valence-electron chi connectivity index (χ1n) is 5.46. The topological polar surface area (TPSA) is 89.7 Å². The van der Waals surface area contributed by atoms with Gasteiger partial charge in [-0.15, -0.1) is 11.3 Å². The van der Waals surface area contributed by atoms with Crippen LogP contribution >= 0.6 is 34.5 Å². The molecule has 6 nitrogen and oxygen atoms in total. The van der Waals surface area contributed by atoms with Gasteiger partial charge in [0.25, 0.3) is 0 Å². The maximum atomic E-state index is 11.0. The lowest BCUT2D eigenvalue weighted by molar-refractivity contribution is -0.385. The van der Waals surface area contributed by atoms with Crippen molar-refractivity contribution in [3.05, 3.63) is 54.2 Å². The number of aromatic carboxylic acids is 1. The molecule has 0 fully saturated rings. The Hall–Kier alpha value is -1.83. The summed E-state index contributed by atoms with van der Waals surface area (Å²) in [5, 5.41) is 21.7. The van der Waals surface area contributed by atoms with Crippen LogP contribution in [0.15, 0.2) is 23.6 Å². The maximum absolute atomic E-state index is 11.0. The number of benzene rings is 1. The van der Waals surface area contributed by atoms with Crippen LogP contribution in [0.25, 0.3) is 0 Å². The van der Waals surface area contributed by atoms with Crippen molar-refractivity contribution < 1.29 is 19.6 Å². The third-order valence-corrected chi connectivity index (χ3v) is 4.19. The largest absolute Gasteiger partial charge is 0.482 e. The Bertz CT molecular complexity index is 716. The summed E-state index contributed by atoms with van der Waals surface area (Å²) in [6, 6.07) is 3.90. The third-order valence-electron chi connectivity index (χ3n) is 2.52. The summed E-state index contributed by atoms with van der Waals surface area (Å²) in [7, 11) is 0. The molecule has 0 bridgehead atoms. The molecular formula is C12H7Cl2NO5S. The van der Waals surface area contributed by atoms with Gasteiger partial charge in [-0.2, -0.15) is 0 Å². The number of nitrogens with zero attached hydrogens (tertiary/aromatic N) is 1. The Morgan fingerprint density at radius 2 is 2.05 bits per heavy atom. The van der Waals surface area contributed by atoms with E-state index in [1.807, 2.05) is 0 Å². The van der Waals surface area contributed by atoms with E-state index < -0.39 is 10.9 Å². The highest BCUT2D eigenvalue weighted by Gasteiger charge is 2.20. The average Bonchev–Trinajstić information content (AvgIpc) is 2.88. The summed E-state index contributed by atoms with van der Waals surface area (Å²) in [6.45, 7) is -0.121. The van der Waals surface area contributed by atoms with Gasteiger partial charge in [-0.3, -0.25) is 10.1 Å². The number of hydrogen-bond donors (Lipinski definition) is 1. The van der Waals surface area contributed by atoms with Crippen LogP contribution in [-0.2, 0) is 6.61 Å². The van der Waals surface area contributed by atoms with Crippen molar-refractivity contribution in [3.8, 4) is 5.75 Å². The van der Waals surface area contributed by atoms with Crippen molar-refractivity contribution in [2.45, 2.75) is 6.61 Å². The fourth-order valence-electron chi connectivity index (χ4n) is 1.57. The maximum Gasteiger partial charge on any atom is 0.346 e. The molecule has 2 rings (SSSR count). The van der Waals surface area contributed by atoms with E-state index in [2.05, 4.69) is 0 Å². The Balaban J connectivity index is 2.27. The first-order valence-corrected chi connectivity index (χ1v) is 7.09. The molecule has 0 aliphatic carbocycles. The summed E-state index contributed by atoms with van der Waals surface area (Å²) in [4.78, 5) is 21.4. The number of carboxylic acid groups (broad SMARTS) is 1. The molecule has 1 aromatic heterocycles. The van der Waals surface area contributed by atoms with Gasteiger partial charge in [0.1, 0.15) is 11.5 Å². The number of rotatable bonds is 5. The molecule has 0 unspecified atom stereocenters. The zero-order valence-electron chi connectivity index (χ0n) is 10.2. The van der Waals surface area contributed by atoms with Crippen LogP contribution in [0.4, 0.5) is 5.69 Å². The van der Waals surface area contributed by atoms with Crippen molar-refractivity contribution in [1.29, 1.82) is 0 Å². The second-order valence-corrected chi connectivity index (χ2v) is 5.59. The molecule has 0 aliphatic rings. The second kappa shape index (κ2) is 6.30. The van der Waals surface area contributed by atoms with Crippen LogP contribution in [0.1, 0.15) is 15.2 Å². The van der Waals surface area contributed by atoms with Crippen LogP contribution in [-0.4, -0.2) is 16.0 Å². The molecule has 0 atom stereocenters. The number of thiophene rings is 1. The van der Waals surface area contributed by atoms with E-state index in [0.29, 0.717) is 5.56 Å². The average molecular weight is 348 g/mol. The zero-order valence-corrected chi connectivity index (χ0v) is 12.5. The molecule has 1 N–H and O–H groups in total. The summed E-state index contributed by atoms with van der Waals surface area (Å²) in [6.07, 6.45) is 0. The molecular weight excluding hydrogens is 341 g/mol. The molecule has 0 spiro atoms. The number of halogens is 2. The Morgan fingerprint density at radius 3 is 2.67 bits per heavy atom. The Morgan fingerprint density at radius 1 is 1.38 bits per heavy atom. The number of carbonyl (C=O) groups is 1. The lowest BCUT2D eigenvalue weighted by atomic mass is 10.2. The van der Waals surface area contributed by atoms with Crippen LogP contribution in [0, 0.1) is 10.1 Å². The van der Waals surface area contributed by atoms with Crippen LogP contribution in [0.5, 0.6) is 5.75 Å². The number of hydrogen-bond acceptors (Lipinski definition) is 5. The Kier molecular flexibility index (Phi) is 4.66. The summed E-state index contributed by atoms with van der Waals surface area (Å²) >= 11 is 12.6. The number of nitro groups is 1. The highest BCUT2D eigenvalue weighted by atomic mass is 35.5. The fraction of sp³-hybridized carbons (Fsp3) is 0.0833. The number of nitro benzene ring substituents is 1. The van der Waals surface area contributed by atoms with Crippen molar-refractivity contribution in [2.24, 2.45) is 0 Å². The molecule has 1 heterocycles. The van der Waals surface area contributed by atoms with Crippen molar-refractivity contribution in [1.82, 2.24) is 0 Å². The normalized spacial score (nSPS) is 10.4. The van der Waals surface area contributed by atoms with Crippen LogP contribution < -0.4 is 4.74 Å². The number of carboxylic acids is 1. The standard InChI is InChI=1S/C12H7Cl2NO5S/c13-7-3-9(15(18)19)10(4-8(7)14)20-5-6-1-2-21-11(6)12(16)17/h1-4H,5H2,(H,16,17). The van der Waals surface area contributed by atoms with Gasteiger partial charge < -0.3 is 9.84 Å². The van der Waals surface area contributed by atoms with Crippen molar-refractivity contribution in [3.63, 3.8) is 0 Å². The van der Waals surface area contributed by atoms with E-state index in [4.69, 9.17) is 33.0 Å². The van der Waals surface area contributed by atoms with Gasteiger partial charge in [0.15, 0.2) is 5.75 Å². The van der Waals surface area contributed by atoms with Crippen LogP contribution in [0.3, 0.4) is 0 Å². The second-order valence-electron chi connectivity index (χ2n) is 3.86. The van der Waals surface area contributed by atoms with Gasteiger partial charge in [-0.25, -0.2) is 4.79 Å². The lowest BCUT2D eigenvalue weighted by Crippen LogP contribution is -2.03. The minimum absolute atomic E-state index is 0.0393. The van der Waals surface area contributed by atoms with E-state index in [1.54, 1.807) is 11.4 Å². The first kappa shape index (κ1) is 15.6. The third kappa shape index (κ3) is 3.44.